The van der Waals surface area contributed by atoms with Crippen molar-refractivity contribution in [2.24, 2.45) is 0 Å². The van der Waals surface area contributed by atoms with Gasteiger partial charge in [0.2, 0.25) is 11.9 Å². The summed E-state index contributed by atoms with van der Waals surface area (Å²) in [4.78, 5) is 35.8. The van der Waals surface area contributed by atoms with Gasteiger partial charge in [-0.2, -0.15) is 0 Å². The second-order valence-corrected chi connectivity index (χ2v) is 10.9. The topological polar surface area (TPSA) is 98.2 Å². The number of ether oxygens (including phenoxy) is 3. The highest BCUT2D eigenvalue weighted by molar-refractivity contribution is 6.30. The molecule has 2 heterocycles. The summed E-state index contributed by atoms with van der Waals surface area (Å²) in [6.07, 6.45) is 1.83. The first-order valence-electron chi connectivity index (χ1n) is 14.4. The largest absolute Gasteiger partial charge is 0.493 e. The molecule has 0 saturated carbocycles. The number of anilines is 1. The first-order valence-corrected chi connectivity index (χ1v) is 14.8. The molecule has 3 aromatic carbocycles. The van der Waals surface area contributed by atoms with Crippen molar-refractivity contribution < 1.29 is 23.8 Å². The molecule has 0 spiro atoms. The van der Waals surface area contributed by atoms with Gasteiger partial charge in [0, 0.05) is 54.6 Å². The number of aromatic nitrogens is 2. The zero-order valence-corrected chi connectivity index (χ0v) is 25.8. The Kier molecular flexibility index (Phi) is 10.2. The summed E-state index contributed by atoms with van der Waals surface area (Å²) in [5.41, 5.74) is 3.74. The van der Waals surface area contributed by atoms with Gasteiger partial charge < -0.3 is 19.1 Å². The van der Waals surface area contributed by atoms with Crippen LogP contribution in [0, 0.1) is 6.92 Å². The minimum atomic E-state index is -0.373. The fourth-order valence-corrected chi connectivity index (χ4v) is 5.08. The lowest BCUT2D eigenvalue weighted by Crippen LogP contribution is -2.45. The third-order valence-corrected chi connectivity index (χ3v) is 7.70. The van der Waals surface area contributed by atoms with E-state index in [1.165, 1.54) is 0 Å². The smallest absolute Gasteiger partial charge is 0.254 e. The average Bonchev–Trinajstić information content (AvgIpc) is 3.46. The zero-order valence-electron chi connectivity index (χ0n) is 25.1. The third kappa shape index (κ3) is 7.57. The fourth-order valence-electron chi connectivity index (χ4n) is 4.96. The van der Waals surface area contributed by atoms with E-state index in [4.69, 9.17) is 30.8 Å². The van der Waals surface area contributed by atoms with Crippen molar-refractivity contribution in [2.75, 3.05) is 65.5 Å². The number of benzene rings is 3. The molecule has 1 aliphatic rings. The highest BCUT2D eigenvalue weighted by atomic mass is 35.5. The maximum absolute atomic E-state index is 13.6. The molecule has 5 rings (SSSR count). The van der Waals surface area contributed by atoms with E-state index in [9.17, 15) is 9.59 Å². The van der Waals surface area contributed by atoms with Gasteiger partial charge in [0.1, 0.15) is 6.54 Å². The highest BCUT2D eigenvalue weighted by Crippen LogP contribution is 2.32. The molecule has 11 heteroatoms. The molecular weight excluding hydrogens is 582 g/mol. The van der Waals surface area contributed by atoms with Gasteiger partial charge in [-0.25, -0.2) is 4.98 Å². The molecule has 0 radical (unpaired) electrons. The van der Waals surface area contributed by atoms with E-state index in [1.807, 2.05) is 43.5 Å². The van der Waals surface area contributed by atoms with Gasteiger partial charge in [-0.1, -0.05) is 41.4 Å². The number of hydrogen-bond donors (Lipinski definition) is 1. The molecule has 4 aromatic rings. The Labute approximate surface area is 262 Å². The summed E-state index contributed by atoms with van der Waals surface area (Å²) in [5.74, 6) is 0.816. The lowest BCUT2D eigenvalue weighted by Gasteiger charge is -2.30. The summed E-state index contributed by atoms with van der Waals surface area (Å²) in [6, 6.07) is 20.1. The molecule has 0 bridgehead atoms. The Bertz CT molecular complexity index is 1580. The minimum Gasteiger partial charge on any atom is -0.493 e. The van der Waals surface area contributed by atoms with Crippen LogP contribution in [0.15, 0.2) is 72.9 Å². The zero-order chi connectivity index (χ0) is 31.1. The van der Waals surface area contributed by atoms with Crippen LogP contribution < -0.4 is 14.8 Å². The quantitative estimate of drug-likeness (QED) is 0.255. The molecule has 1 aliphatic heterocycles. The molecule has 44 heavy (non-hydrogen) atoms. The van der Waals surface area contributed by atoms with Gasteiger partial charge in [0.25, 0.3) is 5.91 Å². The number of rotatable bonds is 11. The van der Waals surface area contributed by atoms with E-state index in [0.29, 0.717) is 65.7 Å². The second-order valence-electron chi connectivity index (χ2n) is 10.5. The van der Waals surface area contributed by atoms with E-state index in [2.05, 4.69) is 10.2 Å². The second kappa shape index (κ2) is 14.4. The molecular formula is C33H36ClN5O5. The lowest BCUT2D eigenvalue weighted by atomic mass is 10.1. The van der Waals surface area contributed by atoms with E-state index in [1.54, 1.807) is 60.1 Å². The van der Waals surface area contributed by atoms with Gasteiger partial charge >= 0.3 is 0 Å². The van der Waals surface area contributed by atoms with Crippen LogP contribution in [0.5, 0.6) is 11.5 Å². The average molecular weight is 618 g/mol. The summed E-state index contributed by atoms with van der Waals surface area (Å²) in [6.45, 7) is 5.73. The highest BCUT2D eigenvalue weighted by Gasteiger charge is 2.23. The molecule has 1 fully saturated rings. The monoisotopic (exact) mass is 617 g/mol. The maximum Gasteiger partial charge on any atom is 0.254 e. The minimum absolute atomic E-state index is 0.147. The number of carbonyl (C=O) groups excluding carboxylic acids is 2. The predicted octanol–water partition coefficient (Wildman–Crippen LogP) is 4.93. The summed E-state index contributed by atoms with van der Waals surface area (Å²) in [7, 11) is 3.13. The van der Waals surface area contributed by atoms with Gasteiger partial charge in [0.05, 0.1) is 38.8 Å². The van der Waals surface area contributed by atoms with Crippen molar-refractivity contribution in [3.8, 4) is 28.4 Å². The van der Waals surface area contributed by atoms with Crippen molar-refractivity contribution in [3.05, 3.63) is 89.1 Å². The molecule has 1 aromatic heterocycles. The number of aryl methyl sites for hydroxylation is 1. The number of nitrogens with zero attached hydrogens (tertiary/aromatic N) is 4. The van der Waals surface area contributed by atoms with Crippen LogP contribution in [-0.2, 0) is 9.53 Å². The number of morpholine rings is 1. The van der Waals surface area contributed by atoms with Crippen molar-refractivity contribution in [1.82, 2.24) is 19.4 Å². The van der Waals surface area contributed by atoms with E-state index >= 15 is 0 Å². The number of amides is 2. The lowest BCUT2D eigenvalue weighted by molar-refractivity contribution is -0.117. The van der Waals surface area contributed by atoms with Gasteiger partial charge in [-0.3, -0.25) is 24.4 Å². The van der Waals surface area contributed by atoms with Crippen molar-refractivity contribution in [2.45, 2.75) is 6.92 Å². The Morgan fingerprint density at radius 3 is 2.36 bits per heavy atom. The number of carbonyl (C=O) groups is 2. The number of nitrogens with one attached hydrogen (secondary N) is 1. The maximum atomic E-state index is 13.6. The van der Waals surface area contributed by atoms with Crippen molar-refractivity contribution in [3.63, 3.8) is 0 Å². The van der Waals surface area contributed by atoms with Crippen LogP contribution in [0.25, 0.3) is 16.9 Å². The number of halogens is 1. The summed E-state index contributed by atoms with van der Waals surface area (Å²) in [5, 5.41) is 3.56. The number of methoxy groups -OCH3 is 2. The molecule has 10 nitrogen and oxygen atoms in total. The fraction of sp³-hybridized carbons (Fsp3) is 0.303. The van der Waals surface area contributed by atoms with Crippen LogP contribution >= 0.6 is 11.6 Å². The van der Waals surface area contributed by atoms with E-state index in [0.717, 1.165) is 24.2 Å². The van der Waals surface area contributed by atoms with Crippen LogP contribution in [0.2, 0.25) is 5.02 Å². The molecule has 1 N–H and O–H groups in total. The van der Waals surface area contributed by atoms with Crippen molar-refractivity contribution in [1.29, 1.82) is 0 Å². The third-order valence-electron chi connectivity index (χ3n) is 7.45. The van der Waals surface area contributed by atoms with Crippen LogP contribution in [0.4, 0.5) is 5.95 Å². The molecule has 0 unspecified atom stereocenters. The Morgan fingerprint density at radius 2 is 1.68 bits per heavy atom. The van der Waals surface area contributed by atoms with E-state index < -0.39 is 0 Å². The standard InChI is InChI=1S/C33H36ClN5O5/c1-23-4-6-25(7-5-23)32(41)38(15-14-37-16-18-44-19-17-37)22-31(40)36-33-35-28(24-8-10-26(34)11-9-24)21-39(33)27-12-13-29(42-2)30(20-27)43-3/h4-13,20-21H,14-19,22H2,1-3H3,(H,35,36,40). The van der Waals surface area contributed by atoms with Gasteiger partial charge in [-0.05, 0) is 43.3 Å². The van der Waals surface area contributed by atoms with Crippen LogP contribution in [-0.4, -0.2) is 91.3 Å². The van der Waals surface area contributed by atoms with Crippen LogP contribution in [0.3, 0.4) is 0 Å². The molecule has 2 amide bonds. The van der Waals surface area contributed by atoms with Gasteiger partial charge in [0.15, 0.2) is 11.5 Å². The van der Waals surface area contributed by atoms with E-state index in [-0.39, 0.29) is 18.4 Å². The molecule has 230 valence electrons. The molecule has 0 atom stereocenters. The number of hydrogen-bond acceptors (Lipinski definition) is 7. The summed E-state index contributed by atoms with van der Waals surface area (Å²) >= 11 is 6.11. The Balaban J connectivity index is 1.42. The number of imidazole rings is 1. The SMILES string of the molecule is COc1ccc(-n2cc(-c3ccc(Cl)cc3)nc2NC(=O)CN(CCN2CCOCC2)C(=O)c2ccc(C)cc2)cc1OC. The molecule has 0 aliphatic carbocycles. The van der Waals surface area contributed by atoms with Crippen molar-refractivity contribution >= 4 is 29.4 Å². The predicted molar refractivity (Wildman–Crippen MR) is 170 cm³/mol. The Hall–Kier alpha value is -4.38. The molecule has 1 saturated heterocycles. The van der Waals surface area contributed by atoms with Gasteiger partial charge in [-0.15, -0.1) is 0 Å². The first-order chi connectivity index (χ1) is 21.3. The summed E-state index contributed by atoms with van der Waals surface area (Å²) < 4.78 is 18.1. The normalized spacial score (nSPS) is 13.4. The Morgan fingerprint density at radius 1 is 0.977 bits per heavy atom. The van der Waals surface area contributed by atoms with Crippen LogP contribution in [0.1, 0.15) is 15.9 Å². The first kappa shape index (κ1) is 31.1.